The predicted octanol–water partition coefficient (Wildman–Crippen LogP) is 1.96. The zero-order valence-corrected chi connectivity index (χ0v) is 10.2. The lowest BCUT2D eigenvalue weighted by atomic mass is 10.0. The van der Waals surface area contributed by atoms with Crippen LogP contribution >= 0.6 is 0 Å². The molecule has 0 amide bonds. The van der Waals surface area contributed by atoms with E-state index in [1.165, 1.54) is 37.2 Å². The smallest absolute Gasteiger partial charge is 0.124 e. The maximum Gasteiger partial charge on any atom is 0.124 e. The number of hydrogen-bond acceptors (Lipinski definition) is 3. The van der Waals surface area contributed by atoms with Gasteiger partial charge < -0.3 is 10.4 Å². The molecule has 17 heavy (non-hydrogen) atoms. The van der Waals surface area contributed by atoms with E-state index in [2.05, 4.69) is 16.1 Å². The highest BCUT2D eigenvalue weighted by atomic mass is 16.3. The summed E-state index contributed by atoms with van der Waals surface area (Å²) >= 11 is 0. The molecule has 1 saturated carbocycles. The van der Waals surface area contributed by atoms with Gasteiger partial charge in [0.05, 0.1) is 5.69 Å². The number of hydrogen-bond donors (Lipinski definition) is 2. The van der Waals surface area contributed by atoms with Crippen molar-refractivity contribution in [1.82, 2.24) is 9.78 Å². The Kier molecular flexibility index (Phi) is 3.05. The van der Waals surface area contributed by atoms with Gasteiger partial charge in [0.2, 0.25) is 0 Å². The van der Waals surface area contributed by atoms with E-state index >= 15 is 0 Å². The SMILES string of the molecule is OCCC1CNc2cc(C3CCCC3)nn2C1. The number of nitrogens with zero attached hydrogens (tertiary/aromatic N) is 2. The molecular formula is C13H21N3O. The van der Waals surface area contributed by atoms with Crippen molar-refractivity contribution in [1.29, 1.82) is 0 Å². The van der Waals surface area contributed by atoms with Crippen LogP contribution in [0.1, 0.15) is 43.7 Å². The van der Waals surface area contributed by atoms with E-state index in [4.69, 9.17) is 10.2 Å². The van der Waals surface area contributed by atoms with E-state index in [-0.39, 0.29) is 6.61 Å². The third-order valence-electron chi connectivity index (χ3n) is 4.11. The van der Waals surface area contributed by atoms with Crippen molar-refractivity contribution >= 4 is 5.82 Å². The molecule has 0 saturated heterocycles. The molecule has 2 N–H and O–H groups in total. The number of anilines is 1. The normalized spacial score (nSPS) is 24.6. The third kappa shape index (κ3) is 2.18. The first-order chi connectivity index (χ1) is 8.36. The lowest BCUT2D eigenvalue weighted by molar-refractivity contribution is 0.244. The van der Waals surface area contributed by atoms with E-state index < -0.39 is 0 Å². The summed E-state index contributed by atoms with van der Waals surface area (Å²) in [6, 6.07) is 2.23. The van der Waals surface area contributed by atoms with Gasteiger partial charge in [0.15, 0.2) is 0 Å². The van der Waals surface area contributed by atoms with E-state index in [1.807, 2.05) is 0 Å². The van der Waals surface area contributed by atoms with Crippen LogP contribution in [0.25, 0.3) is 0 Å². The maximum absolute atomic E-state index is 8.99. The second kappa shape index (κ2) is 4.69. The molecule has 1 unspecified atom stereocenters. The molecule has 1 aliphatic heterocycles. The summed E-state index contributed by atoms with van der Waals surface area (Å²) in [4.78, 5) is 0. The molecule has 0 aromatic carbocycles. The molecule has 0 bridgehead atoms. The van der Waals surface area contributed by atoms with Gasteiger partial charge in [0, 0.05) is 31.7 Å². The number of aliphatic hydroxyl groups is 1. The van der Waals surface area contributed by atoms with Crippen LogP contribution in [0.2, 0.25) is 0 Å². The fourth-order valence-electron chi connectivity index (χ4n) is 3.07. The molecule has 94 valence electrons. The molecule has 2 aliphatic rings. The van der Waals surface area contributed by atoms with Gasteiger partial charge in [-0.1, -0.05) is 12.8 Å². The monoisotopic (exact) mass is 235 g/mol. The van der Waals surface area contributed by atoms with E-state index in [0.717, 1.165) is 19.5 Å². The van der Waals surface area contributed by atoms with Crippen LogP contribution in [0.15, 0.2) is 6.07 Å². The Morgan fingerprint density at radius 1 is 1.41 bits per heavy atom. The Hall–Kier alpha value is -1.03. The lowest BCUT2D eigenvalue weighted by Crippen LogP contribution is -2.28. The zero-order chi connectivity index (χ0) is 11.7. The molecule has 2 heterocycles. The van der Waals surface area contributed by atoms with E-state index in [9.17, 15) is 0 Å². The molecule has 1 aromatic heterocycles. The molecule has 1 aromatic rings. The van der Waals surface area contributed by atoms with Gasteiger partial charge >= 0.3 is 0 Å². The molecule has 3 rings (SSSR count). The summed E-state index contributed by atoms with van der Waals surface area (Å²) in [6.07, 6.45) is 6.18. The first kappa shape index (κ1) is 11.1. The zero-order valence-electron chi connectivity index (χ0n) is 10.2. The first-order valence-electron chi connectivity index (χ1n) is 6.79. The summed E-state index contributed by atoms with van der Waals surface area (Å²) in [5.74, 6) is 2.37. The average molecular weight is 235 g/mol. The third-order valence-corrected chi connectivity index (χ3v) is 4.11. The first-order valence-corrected chi connectivity index (χ1v) is 6.79. The van der Waals surface area contributed by atoms with Gasteiger partial charge in [0.1, 0.15) is 5.82 Å². The van der Waals surface area contributed by atoms with Crippen LogP contribution in [0.5, 0.6) is 0 Å². The second-order valence-electron chi connectivity index (χ2n) is 5.38. The predicted molar refractivity (Wildman–Crippen MR) is 67.1 cm³/mol. The number of nitrogens with one attached hydrogen (secondary N) is 1. The van der Waals surface area contributed by atoms with Crippen molar-refractivity contribution in [2.24, 2.45) is 5.92 Å². The van der Waals surface area contributed by atoms with Crippen molar-refractivity contribution in [3.63, 3.8) is 0 Å². The Labute approximate surface area is 102 Å². The second-order valence-corrected chi connectivity index (χ2v) is 5.38. The van der Waals surface area contributed by atoms with Gasteiger partial charge in [-0.05, 0) is 25.2 Å². The van der Waals surface area contributed by atoms with E-state index in [1.54, 1.807) is 0 Å². The maximum atomic E-state index is 8.99. The Balaban J connectivity index is 1.74. The molecule has 4 nitrogen and oxygen atoms in total. The minimum absolute atomic E-state index is 0.276. The van der Waals surface area contributed by atoms with Crippen LogP contribution in [0.3, 0.4) is 0 Å². The summed E-state index contributed by atoms with van der Waals surface area (Å²) < 4.78 is 2.09. The lowest BCUT2D eigenvalue weighted by Gasteiger charge is -2.24. The van der Waals surface area contributed by atoms with Crippen molar-refractivity contribution in [3.8, 4) is 0 Å². The Morgan fingerprint density at radius 2 is 2.24 bits per heavy atom. The molecule has 4 heteroatoms. The van der Waals surface area contributed by atoms with Crippen molar-refractivity contribution in [2.75, 3.05) is 18.5 Å². The van der Waals surface area contributed by atoms with Crippen LogP contribution in [0.4, 0.5) is 5.82 Å². The molecule has 0 radical (unpaired) electrons. The fraction of sp³-hybridized carbons (Fsp3) is 0.769. The molecule has 1 aliphatic carbocycles. The van der Waals surface area contributed by atoms with Gasteiger partial charge in [-0.15, -0.1) is 0 Å². The van der Waals surface area contributed by atoms with Gasteiger partial charge in [-0.3, -0.25) is 0 Å². The Morgan fingerprint density at radius 3 is 3.00 bits per heavy atom. The van der Waals surface area contributed by atoms with Crippen molar-refractivity contribution < 1.29 is 5.11 Å². The minimum Gasteiger partial charge on any atom is -0.396 e. The quantitative estimate of drug-likeness (QED) is 0.842. The Bertz CT molecular complexity index is 382. The van der Waals surface area contributed by atoms with Crippen molar-refractivity contribution in [3.05, 3.63) is 11.8 Å². The summed E-state index contributed by atoms with van der Waals surface area (Å²) in [5.41, 5.74) is 1.27. The summed E-state index contributed by atoms with van der Waals surface area (Å²) in [7, 11) is 0. The summed E-state index contributed by atoms with van der Waals surface area (Å²) in [5, 5.41) is 17.2. The van der Waals surface area contributed by atoms with Crippen LogP contribution in [-0.4, -0.2) is 28.0 Å². The molecule has 1 fully saturated rings. The van der Waals surface area contributed by atoms with Crippen LogP contribution < -0.4 is 5.32 Å². The summed E-state index contributed by atoms with van der Waals surface area (Å²) in [6.45, 7) is 2.20. The number of aliphatic hydroxyl groups excluding tert-OH is 1. The standard InChI is InChI=1S/C13H21N3O/c17-6-5-10-8-14-13-7-12(15-16(13)9-10)11-3-1-2-4-11/h7,10-11,14,17H,1-6,8-9H2. The van der Waals surface area contributed by atoms with Crippen LogP contribution in [-0.2, 0) is 6.54 Å². The van der Waals surface area contributed by atoms with Gasteiger partial charge in [-0.2, -0.15) is 5.10 Å². The minimum atomic E-state index is 0.276. The number of fused-ring (bicyclic) bond motifs is 1. The topological polar surface area (TPSA) is 50.1 Å². The van der Waals surface area contributed by atoms with Gasteiger partial charge in [-0.25, -0.2) is 4.68 Å². The average Bonchev–Trinajstić information content (AvgIpc) is 2.97. The largest absolute Gasteiger partial charge is 0.396 e. The molecular weight excluding hydrogens is 214 g/mol. The van der Waals surface area contributed by atoms with Crippen LogP contribution in [0, 0.1) is 5.92 Å². The number of rotatable bonds is 3. The molecule has 0 spiro atoms. The fourth-order valence-corrected chi connectivity index (χ4v) is 3.07. The van der Waals surface area contributed by atoms with Crippen molar-refractivity contribution in [2.45, 2.75) is 44.6 Å². The highest BCUT2D eigenvalue weighted by Crippen LogP contribution is 2.35. The molecule has 1 atom stereocenters. The highest BCUT2D eigenvalue weighted by molar-refractivity contribution is 5.39. The van der Waals surface area contributed by atoms with Gasteiger partial charge in [0.25, 0.3) is 0 Å². The number of aromatic nitrogens is 2. The highest BCUT2D eigenvalue weighted by Gasteiger charge is 2.24. The van der Waals surface area contributed by atoms with E-state index in [0.29, 0.717) is 11.8 Å².